The topological polar surface area (TPSA) is 83.4 Å². The van der Waals surface area contributed by atoms with Crippen LogP contribution in [0.4, 0.5) is 5.82 Å². The zero-order valence-corrected chi connectivity index (χ0v) is 13.2. The molecule has 0 aliphatic carbocycles. The van der Waals surface area contributed by atoms with Crippen molar-refractivity contribution in [1.82, 2.24) is 10.4 Å². The van der Waals surface area contributed by atoms with Gasteiger partial charge in [-0.3, -0.25) is 9.59 Å². The number of halogens is 1. The molecule has 0 spiro atoms. The maximum absolute atomic E-state index is 11.9. The number of amides is 2. The quantitative estimate of drug-likeness (QED) is 0.653. The normalized spacial score (nSPS) is 11.0. The first-order chi connectivity index (χ1) is 11.0. The highest BCUT2D eigenvalue weighted by Gasteiger charge is 2.07. The van der Waals surface area contributed by atoms with Crippen molar-refractivity contribution in [2.45, 2.75) is 13.3 Å². The number of nitrogens with one attached hydrogen (secondary N) is 2. The molecule has 1 aromatic heterocycles. The smallest absolute Gasteiger partial charge is 0.271 e. The highest BCUT2D eigenvalue weighted by molar-refractivity contribution is 6.30. The Bertz CT molecular complexity index is 715. The molecule has 0 saturated heterocycles. The van der Waals surface area contributed by atoms with Gasteiger partial charge in [0.05, 0.1) is 6.42 Å². The molecular formula is C16H15ClN4O2. The lowest BCUT2D eigenvalue weighted by molar-refractivity contribution is -0.115. The molecule has 118 valence electrons. The summed E-state index contributed by atoms with van der Waals surface area (Å²) in [5.41, 5.74) is 3.30. The van der Waals surface area contributed by atoms with Gasteiger partial charge in [-0.05, 0) is 43.3 Å². The number of rotatable bonds is 5. The number of pyridine rings is 1. The van der Waals surface area contributed by atoms with Gasteiger partial charge in [-0.2, -0.15) is 5.10 Å². The molecule has 0 atom stereocenters. The third-order valence-corrected chi connectivity index (χ3v) is 3.06. The third kappa shape index (κ3) is 5.52. The van der Waals surface area contributed by atoms with Gasteiger partial charge in [0.1, 0.15) is 5.82 Å². The van der Waals surface area contributed by atoms with Crippen molar-refractivity contribution in [3.8, 4) is 0 Å². The van der Waals surface area contributed by atoms with Gasteiger partial charge in [0.15, 0.2) is 0 Å². The Kier molecular flexibility index (Phi) is 5.82. The number of hydrogen-bond donors (Lipinski definition) is 2. The summed E-state index contributed by atoms with van der Waals surface area (Å²) in [6, 6.07) is 11.6. The number of anilines is 1. The minimum Gasteiger partial charge on any atom is -0.310 e. The largest absolute Gasteiger partial charge is 0.310 e. The molecule has 6 nitrogen and oxygen atoms in total. The molecule has 0 aliphatic rings. The van der Waals surface area contributed by atoms with Crippen molar-refractivity contribution in [2.75, 3.05) is 5.32 Å². The van der Waals surface area contributed by atoms with Crippen LogP contribution >= 0.6 is 11.6 Å². The number of hydrogen-bond acceptors (Lipinski definition) is 4. The van der Waals surface area contributed by atoms with Crippen LogP contribution in [0.2, 0.25) is 5.02 Å². The summed E-state index contributed by atoms with van der Waals surface area (Å²) in [7, 11) is 0. The Morgan fingerprint density at radius 1 is 1.17 bits per heavy atom. The number of carbonyl (C=O) groups is 2. The van der Waals surface area contributed by atoms with E-state index in [4.69, 9.17) is 11.6 Å². The molecule has 2 amide bonds. The van der Waals surface area contributed by atoms with Gasteiger partial charge in [0.25, 0.3) is 5.91 Å². The molecule has 2 N–H and O–H groups in total. The van der Waals surface area contributed by atoms with E-state index in [0.29, 0.717) is 22.1 Å². The minimum atomic E-state index is -0.369. The van der Waals surface area contributed by atoms with Crippen LogP contribution in [0.5, 0.6) is 0 Å². The van der Waals surface area contributed by atoms with E-state index in [1.165, 1.54) is 0 Å². The van der Waals surface area contributed by atoms with Gasteiger partial charge >= 0.3 is 0 Å². The standard InChI is InChI=1S/C16H15ClN4O2/c1-11(10-15(22)19-14-4-2-3-9-18-14)20-21-16(23)12-5-7-13(17)8-6-12/h2-9H,10H2,1H3,(H,21,23)(H,18,19,22)/b20-11+. The molecule has 0 fully saturated rings. The van der Waals surface area contributed by atoms with Crippen LogP contribution < -0.4 is 10.7 Å². The average Bonchev–Trinajstić information content (AvgIpc) is 2.54. The molecule has 2 aromatic rings. The van der Waals surface area contributed by atoms with Crippen LogP contribution in [-0.2, 0) is 4.79 Å². The fourth-order valence-electron chi connectivity index (χ4n) is 1.71. The lowest BCUT2D eigenvalue weighted by Gasteiger charge is -2.04. The van der Waals surface area contributed by atoms with Crippen LogP contribution in [0.3, 0.4) is 0 Å². The molecule has 0 saturated carbocycles. The fraction of sp³-hybridized carbons (Fsp3) is 0.125. The second-order valence-electron chi connectivity index (χ2n) is 4.73. The number of aromatic nitrogens is 1. The first kappa shape index (κ1) is 16.6. The predicted octanol–water partition coefficient (Wildman–Crippen LogP) is 2.87. The van der Waals surface area contributed by atoms with E-state index in [0.717, 1.165) is 0 Å². The first-order valence-electron chi connectivity index (χ1n) is 6.84. The maximum atomic E-state index is 11.9. The number of carbonyl (C=O) groups excluding carboxylic acids is 2. The van der Waals surface area contributed by atoms with Gasteiger partial charge in [-0.25, -0.2) is 10.4 Å². The molecule has 1 heterocycles. The van der Waals surface area contributed by atoms with Crippen LogP contribution in [0, 0.1) is 0 Å². The van der Waals surface area contributed by atoms with Crippen LogP contribution in [0.15, 0.2) is 53.8 Å². The molecule has 23 heavy (non-hydrogen) atoms. The van der Waals surface area contributed by atoms with E-state index in [-0.39, 0.29) is 18.2 Å². The molecule has 0 bridgehead atoms. The number of nitrogens with zero attached hydrogens (tertiary/aromatic N) is 2. The summed E-state index contributed by atoms with van der Waals surface area (Å²) in [6.07, 6.45) is 1.64. The van der Waals surface area contributed by atoms with Gasteiger partial charge < -0.3 is 5.32 Å². The summed E-state index contributed by atoms with van der Waals surface area (Å²) in [4.78, 5) is 27.7. The Labute approximate surface area is 138 Å². The van der Waals surface area contributed by atoms with Gasteiger partial charge in [-0.1, -0.05) is 17.7 Å². The lowest BCUT2D eigenvalue weighted by atomic mass is 10.2. The zero-order chi connectivity index (χ0) is 16.7. The Hall–Kier alpha value is -2.73. The summed E-state index contributed by atoms with van der Waals surface area (Å²) >= 11 is 5.76. The third-order valence-electron chi connectivity index (χ3n) is 2.80. The van der Waals surface area contributed by atoms with Crippen LogP contribution in [-0.4, -0.2) is 22.5 Å². The van der Waals surface area contributed by atoms with E-state index in [2.05, 4.69) is 20.8 Å². The monoisotopic (exact) mass is 330 g/mol. The summed E-state index contributed by atoms with van der Waals surface area (Å²) in [5, 5.41) is 7.10. The average molecular weight is 331 g/mol. The van der Waals surface area contributed by atoms with Gasteiger partial charge in [0, 0.05) is 22.5 Å². The second-order valence-corrected chi connectivity index (χ2v) is 5.17. The van der Waals surface area contributed by atoms with E-state index in [1.54, 1.807) is 55.6 Å². The van der Waals surface area contributed by atoms with Crippen molar-refractivity contribution in [3.05, 3.63) is 59.2 Å². The van der Waals surface area contributed by atoms with Gasteiger partial charge in [-0.15, -0.1) is 0 Å². The van der Waals surface area contributed by atoms with Crippen LogP contribution in [0.1, 0.15) is 23.7 Å². The molecular weight excluding hydrogens is 316 g/mol. The zero-order valence-electron chi connectivity index (χ0n) is 12.4. The highest BCUT2D eigenvalue weighted by atomic mass is 35.5. The number of benzene rings is 1. The van der Waals surface area contributed by atoms with Crippen molar-refractivity contribution in [1.29, 1.82) is 0 Å². The van der Waals surface area contributed by atoms with Crippen molar-refractivity contribution >= 4 is 34.9 Å². The van der Waals surface area contributed by atoms with E-state index in [1.807, 2.05) is 0 Å². The fourth-order valence-corrected chi connectivity index (χ4v) is 1.83. The van der Waals surface area contributed by atoms with E-state index < -0.39 is 0 Å². The molecule has 0 aliphatic heterocycles. The number of hydrazone groups is 1. The van der Waals surface area contributed by atoms with E-state index in [9.17, 15) is 9.59 Å². The molecule has 1 aromatic carbocycles. The van der Waals surface area contributed by atoms with Crippen LogP contribution in [0.25, 0.3) is 0 Å². The predicted molar refractivity (Wildman–Crippen MR) is 89.5 cm³/mol. The van der Waals surface area contributed by atoms with E-state index >= 15 is 0 Å². The first-order valence-corrected chi connectivity index (χ1v) is 7.22. The van der Waals surface area contributed by atoms with Crippen molar-refractivity contribution in [3.63, 3.8) is 0 Å². The Morgan fingerprint density at radius 3 is 2.57 bits per heavy atom. The SMILES string of the molecule is C/C(CC(=O)Nc1ccccn1)=N\NC(=O)c1ccc(Cl)cc1. The Balaban J connectivity index is 1.86. The molecule has 0 radical (unpaired) electrons. The summed E-state index contributed by atoms with van der Waals surface area (Å²) in [5.74, 6) is -0.160. The van der Waals surface area contributed by atoms with Crippen molar-refractivity contribution in [2.24, 2.45) is 5.10 Å². The maximum Gasteiger partial charge on any atom is 0.271 e. The highest BCUT2D eigenvalue weighted by Crippen LogP contribution is 2.09. The molecule has 0 unspecified atom stereocenters. The lowest BCUT2D eigenvalue weighted by Crippen LogP contribution is -2.21. The van der Waals surface area contributed by atoms with Crippen molar-refractivity contribution < 1.29 is 9.59 Å². The molecule has 7 heteroatoms. The Morgan fingerprint density at radius 2 is 1.91 bits per heavy atom. The second kappa shape index (κ2) is 8.05. The summed E-state index contributed by atoms with van der Waals surface area (Å²) < 4.78 is 0. The summed E-state index contributed by atoms with van der Waals surface area (Å²) in [6.45, 7) is 1.65. The van der Waals surface area contributed by atoms with Gasteiger partial charge in [0.2, 0.25) is 5.91 Å². The minimum absolute atomic E-state index is 0.0530. The molecule has 2 rings (SSSR count).